The van der Waals surface area contributed by atoms with E-state index in [1.165, 1.54) is 70.6 Å². The van der Waals surface area contributed by atoms with E-state index in [1.807, 2.05) is 0 Å². The summed E-state index contributed by atoms with van der Waals surface area (Å²) in [6, 6.07) is 0. The van der Waals surface area contributed by atoms with Crippen LogP contribution in [-0.4, -0.2) is 24.3 Å². The van der Waals surface area contributed by atoms with Crippen LogP contribution in [0.4, 0.5) is 0 Å². The lowest BCUT2D eigenvalue weighted by Gasteiger charge is -2.07. The Balaban J connectivity index is 0. The van der Waals surface area contributed by atoms with Crippen LogP contribution < -0.4 is 0 Å². The Morgan fingerprint density at radius 3 is 1.30 bits per heavy atom. The van der Waals surface area contributed by atoms with Crippen LogP contribution in [-0.2, 0) is 9.53 Å². The Morgan fingerprint density at radius 1 is 0.667 bits per heavy atom. The molecule has 0 heterocycles. The molecule has 0 aromatic carbocycles. The quantitative estimate of drug-likeness (QED) is 0.244. The molecule has 0 aromatic rings. The molecular weight excluding hydrogens is 336 g/mol. The number of aliphatic carboxylic acids is 1. The maximum absolute atomic E-state index is 10.3. The van der Waals surface area contributed by atoms with Gasteiger partial charge in [-0.1, -0.05) is 112 Å². The van der Waals surface area contributed by atoms with Gasteiger partial charge >= 0.3 is 5.97 Å². The molecule has 0 aliphatic rings. The summed E-state index contributed by atoms with van der Waals surface area (Å²) in [7, 11) is 0. The monoisotopic (exact) mass is 386 g/mol. The normalized spacial score (nSPS) is 10.9. The number of carboxylic acids is 1. The molecule has 0 spiro atoms. The molecule has 0 aromatic heterocycles. The average molecular weight is 387 g/mol. The second-order valence-corrected chi connectivity index (χ2v) is 8.71. The van der Waals surface area contributed by atoms with E-state index >= 15 is 0 Å². The Hall–Kier alpha value is -0.570. The maximum Gasteiger partial charge on any atom is 0.303 e. The fraction of sp³-hybridized carbons (Fsp3) is 0.958. The number of ether oxygens (including phenoxy) is 1. The van der Waals surface area contributed by atoms with E-state index in [1.54, 1.807) is 0 Å². The summed E-state index contributed by atoms with van der Waals surface area (Å²) in [4.78, 5) is 10.3. The second-order valence-electron chi connectivity index (χ2n) is 8.71. The van der Waals surface area contributed by atoms with Gasteiger partial charge in [-0.05, 0) is 18.3 Å². The third-order valence-electron chi connectivity index (χ3n) is 4.40. The standard InChI is InChI=1S/C16H32O2.C8H18O/c1-2-3-4-5-6-7-8-9-10-11-12-13-14-15-16(17)18;1-7(2)5-9-6-8(3)4/h2-15H2,1H3,(H,17,18);7-8H,5-6H2,1-4H3. The van der Waals surface area contributed by atoms with Crippen LogP contribution in [0.15, 0.2) is 0 Å². The SMILES string of the molecule is CC(C)COCC(C)C.CCCCCCCCCCCCCCCC(=O)O. The minimum Gasteiger partial charge on any atom is -0.481 e. The lowest BCUT2D eigenvalue weighted by atomic mass is 10.0. The lowest BCUT2D eigenvalue weighted by Crippen LogP contribution is -2.06. The van der Waals surface area contributed by atoms with Crippen LogP contribution in [0, 0.1) is 11.8 Å². The summed E-state index contributed by atoms with van der Waals surface area (Å²) in [5, 5.41) is 8.49. The zero-order chi connectivity index (χ0) is 20.8. The highest BCUT2D eigenvalue weighted by molar-refractivity contribution is 5.66. The topological polar surface area (TPSA) is 46.5 Å². The number of hydrogen-bond donors (Lipinski definition) is 1. The minimum absolute atomic E-state index is 0.345. The smallest absolute Gasteiger partial charge is 0.303 e. The third kappa shape index (κ3) is 33.4. The van der Waals surface area contributed by atoms with Crippen LogP contribution in [0.2, 0.25) is 0 Å². The van der Waals surface area contributed by atoms with Crippen molar-refractivity contribution >= 4 is 5.97 Å². The van der Waals surface area contributed by atoms with Gasteiger partial charge < -0.3 is 9.84 Å². The number of carboxylic acid groups (broad SMARTS) is 1. The molecule has 0 unspecified atom stereocenters. The molecule has 0 atom stereocenters. The summed E-state index contributed by atoms with van der Waals surface area (Å²) in [5.74, 6) is 0.686. The summed E-state index contributed by atoms with van der Waals surface area (Å²) in [6.07, 6.45) is 17.3. The van der Waals surface area contributed by atoms with E-state index < -0.39 is 5.97 Å². The zero-order valence-corrected chi connectivity index (χ0v) is 19.2. The van der Waals surface area contributed by atoms with Gasteiger partial charge in [-0.3, -0.25) is 4.79 Å². The first-order valence-corrected chi connectivity index (χ1v) is 11.7. The Kier molecular flexibility index (Phi) is 24.9. The van der Waals surface area contributed by atoms with Gasteiger partial charge in [0.15, 0.2) is 0 Å². The average Bonchev–Trinajstić information content (AvgIpc) is 2.58. The van der Waals surface area contributed by atoms with Gasteiger partial charge in [-0.25, -0.2) is 0 Å². The van der Waals surface area contributed by atoms with Crippen molar-refractivity contribution in [3.05, 3.63) is 0 Å². The Morgan fingerprint density at radius 2 is 1.00 bits per heavy atom. The van der Waals surface area contributed by atoms with Gasteiger partial charge in [-0.2, -0.15) is 0 Å². The molecule has 0 rings (SSSR count). The highest BCUT2D eigenvalue weighted by Gasteiger charge is 1.97. The third-order valence-corrected chi connectivity index (χ3v) is 4.40. The van der Waals surface area contributed by atoms with E-state index in [9.17, 15) is 4.79 Å². The first-order valence-electron chi connectivity index (χ1n) is 11.7. The van der Waals surface area contributed by atoms with E-state index in [2.05, 4.69) is 34.6 Å². The van der Waals surface area contributed by atoms with Crippen LogP contribution in [0.1, 0.15) is 125 Å². The molecule has 0 bridgehead atoms. The molecular formula is C24H50O3. The fourth-order valence-corrected chi connectivity index (χ4v) is 2.83. The molecule has 0 amide bonds. The predicted molar refractivity (Wildman–Crippen MR) is 118 cm³/mol. The van der Waals surface area contributed by atoms with E-state index in [0.717, 1.165) is 26.1 Å². The van der Waals surface area contributed by atoms with E-state index in [-0.39, 0.29) is 0 Å². The van der Waals surface area contributed by atoms with Gasteiger partial charge in [0.05, 0.1) is 0 Å². The van der Waals surface area contributed by atoms with Crippen molar-refractivity contribution in [2.75, 3.05) is 13.2 Å². The van der Waals surface area contributed by atoms with Gasteiger partial charge in [0.2, 0.25) is 0 Å². The molecule has 0 aliphatic carbocycles. The summed E-state index contributed by atoms with van der Waals surface area (Å²) >= 11 is 0. The van der Waals surface area contributed by atoms with E-state index in [0.29, 0.717) is 18.3 Å². The van der Waals surface area contributed by atoms with Crippen molar-refractivity contribution in [3.63, 3.8) is 0 Å². The molecule has 0 saturated carbocycles. The van der Waals surface area contributed by atoms with Crippen LogP contribution in [0.5, 0.6) is 0 Å². The molecule has 0 fully saturated rings. The number of hydrogen-bond acceptors (Lipinski definition) is 2. The summed E-state index contributed by atoms with van der Waals surface area (Å²) in [5.41, 5.74) is 0. The highest BCUT2D eigenvalue weighted by atomic mass is 16.5. The van der Waals surface area contributed by atoms with Gasteiger partial charge in [0.1, 0.15) is 0 Å². The second kappa shape index (κ2) is 23.5. The molecule has 0 aliphatic heterocycles. The fourth-order valence-electron chi connectivity index (χ4n) is 2.83. The first-order chi connectivity index (χ1) is 12.9. The minimum atomic E-state index is -0.655. The first kappa shape index (κ1) is 28.6. The van der Waals surface area contributed by atoms with Crippen LogP contribution in [0.3, 0.4) is 0 Å². The molecule has 164 valence electrons. The van der Waals surface area contributed by atoms with Crippen LogP contribution in [0.25, 0.3) is 0 Å². The van der Waals surface area contributed by atoms with Gasteiger partial charge in [-0.15, -0.1) is 0 Å². The van der Waals surface area contributed by atoms with E-state index in [4.69, 9.17) is 9.84 Å². The summed E-state index contributed by atoms with van der Waals surface area (Å²) < 4.78 is 5.36. The number of rotatable bonds is 18. The lowest BCUT2D eigenvalue weighted by molar-refractivity contribution is -0.137. The Labute approximate surface area is 170 Å². The Bertz CT molecular complexity index is 279. The molecule has 1 N–H and O–H groups in total. The zero-order valence-electron chi connectivity index (χ0n) is 19.2. The number of unbranched alkanes of at least 4 members (excludes halogenated alkanes) is 12. The predicted octanol–water partition coefficient (Wildman–Crippen LogP) is 7.87. The van der Waals surface area contributed by atoms with Gasteiger partial charge in [0.25, 0.3) is 0 Å². The molecule has 0 saturated heterocycles. The van der Waals surface area contributed by atoms with Crippen molar-refractivity contribution in [2.24, 2.45) is 11.8 Å². The van der Waals surface area contributed by atoms with Crippen molar-refractivity contribution < 1.29 is 14.6 Å². The molecule has 3 heteroatoms. The van der Waals surface area contributed by atoms with Gasteiger partial charge in [0, 0.05) is 19.6 Å². The molecule has 27 heavy (non-hydrogen) atoms. The van der Waals surface area contributed by atoms with Crippen molar-refractivity contribution in [1.29, 1.82) is 0 Å². The summed E-state index contributed by atoms with van der Waals surface area (Å²) in [6.45, 7) is 12.7. The molecule has 3 nitrogen and oxygen atoms in total. The maximum atomic E-state index is 10.3. The van der Waals surface area contributed by atoms with Crippen LogP contribution >= 0.6 is 0 Å². The largest absolute Gasteiger partial charge is 0.481 e. The van der Waals surface area contributed by atoms with Crippen molar-refractivity contribution in [2.45, 2.75) is 125 Å². The molecule has 0 radical (unpaired) electrons. The van der Waals surface area contributed by atoms with Crippen molar-refractivity contribution in [3.8, 4) is 0 Å². The number of carbonyl (C=O) groups is 1. The highest BCUT2D eigenvalue weighted by Crippen LogP contribution is 2.12. The van der Waals surface area contributed by atoms with Crippen molar-refractivity contribution in [1.82, 2.24) is 0 Å².